The first-order valence-corrected chi connectivity index (χ1v) is 14.3. The predicted octanol–water partition coefficient (Wildman–Crippen LogP) is 6.14. The zero-order valence-electron chi connectivity index (χ0n) is 20.7. The summed E-state index contributed by atoms with van der Waals surface area (Å²) in [5, 5.41) is -0.584. The highest BCUT2D eigenvalue weighted by Gasteiger charge is 2.83. The Morgan fingerprint density at radius 1 is 1.00 bits per heavy atom. The van der Waals surface area contributed by atoms with E-state index in [9.17, 15) is 9.59 Å². The molecule has 2 aromatic rings. The molecule has 0 unspecified atom stereocenters. The van der Waals surface area contributed by atoms with E-state index in [1.807, 2.05) is 20.8 Å². The van der Waals surface area contributed by atoms with Crippen molar-refractivity contribution in [2.75, 3.05) is 0 Å². The van der Waals surface area contributed by atoms with Gasteiger partial charge in [-0.1, -0.05) is 81.4 Å². The number of esters is 2. The molecule has 0 N–H and O–H groups in total. The molecule has 3 atom stereocenters. The molecule has 0 saturated carbocycles. The summed E-state index contributed by atoms with van der Waals surface area (Å²) >= 11 is 0. The van der Waals surface area contributed by atoms with E-state index >= 15 is 13.2 Å². The number of carbonyl (C=O) groups is 2. The molecule has 5 nitrogen and oxygen atoms in total. The van der Waals surface area contributed by atoms with Crippen molar-refractivity contribution in [2.24, 2.45) is 5.92 Å². The van der Waals surface area contributed by atoms with Gasteiger partial charge in [0.25, 0.3) is 5.60 Å². The van der Waals surface area contributed by atoms with Crippen LogP contribution in [0, 0.1) is 5.92 Å². The zero-order chi connectivity index (χ0) is 26.3. The third-order valence-corrected chi connectivity index (χ3v) is 11.5. The van der Waals surface area contributed by atoms with Crippen LogP contribution in [0.4, 0.5) is 13.2 Å². The molecule has 2 aromatic carbocycles. The smallest absolute Gasteiger partial charge is 0.436 e. The Kier molecular flexibility index (Phi) is 7.00. The molecule has 1 fully saturated rings. The summed E-state index contributed by atoms with van der Waals surface area (Å²) in [6.45, 7) is 9.90. The van der Waals surface area contributed by atoms with Gasteiger partial charge in [0.15, 0.2) is 8.32 Å². The van der Waals surface area contributed by atoms with Crippen LogP contribution in [0.25, 0.3) is 0 Å². The van der Waals surface area contributed by atoms with Crippen molar-refractivity contribution in [1.29, 1.82) is 0 Å². The van der Waals surface area contributed by atoms with E-state index in [1.165, 1.54) is 37.3 Å². The van der Waals surface area contributed by atoms with E-state index < -0.39 is 54.2 Å². The van der Waals surface area contributed by atoms with E-state index in [0.29, 0.717) is 5.56 Å². The molecule has 0 aliphatic carbocycles. The second-order valence-corrected chi connectivity index (χ2v) is 15.1. The molecule has 35 heavy (non-hydrogen) atoms. The van der Waals surface area contributed by atoms with Gasteiger partial charge in [-0.3, -0.25) is 4.79 Å². The molecule has 0 bridgehead atoms. The van der Waals surface area contributed by atoms with Gasteiger partial charge in [-0.15, -0.1) is 0 Å². The van der Waals surface area contributed by atoms with Crippen LogP contribution in [0.1, 0.15) is 38.8 Å². The first-order chi connectivity index (χ1) is 16.1. The van der Waals surface area contributed by atoms with Crippen LogP contribution in [0.5, 0.6) is 0 Å². The van der Waals surface area contributed by atoms with E-state index in [2.05, 4.69) is 0 Å². The average Bonchev–Trinajstić information content (AvgIpc) is 3.01. The van der Waals surface area contributed by atoms with Crippen LogP contribution in [-0.2, 0) is 35.7 Å². The van der Waals surface area contributed by atoms with Crippen molar-refractivity contribution >= 4 is 20.3 Å². The van der Waals surface area contributed by atoms with Crippen LogP contribution in [0.2, 0.25) is 18.1 Å². The lowest BCUT2D eigenvalue weighted by atomic mass is 9.72. The number of rotatable bonds is 6. The highest BCUT2D eigenvalue weighted by atomic mass is 28.4. The second-order valence-electron chi connectivity index (χ2n) is 10.3. The number of ether oxygens (including phenoxy) is 2. The van der Waals surface area contributed by atoms with Crippen LogP contribution in [0.3, 0.4) is 0 Å². The summed E-state index contributed by atoms with van der Waals surface area (Å²) < 4.78 is 62.6. The Hall–Kier alpha value is -2.65. The number of hydrogen-bond donors (Lipinski definition) is 0. The van der Waals surface area contributed by atoms with Crippen molar-refractivity contribution < 1.29 is 36.7 Å². The van der Waals surface area contributed by atoms with Crippen molar-refractivity contribution in [2.45, 2.75) is 69.8 Å². The van der Waals surface area contributed by atoms with E-state index in [0.717, 1.165) is 0 Å². The molecule has 0 aromatic heterocycles. The minimum Gasteiger partial charge on any atom is -0.459 e. The van der Waals surface area contributed by atoms with Crippen LogP contribution in [-0.4, -0.2) is 32.0 Å². The molecule has 0 radical (unpaired) electrons. The van der Waals surface area contributed by atoms with Gasteiger partial charge < -0.3 is 13.9 Å². The maximum Gasteiger partial charge on any atom is 0.436 e. The average molecular weight is 509 g/mol. The van der Waals surface area contributed by atoms with Gasteiger partial charge >= 0.3 is 18.1 Å². The standard InChI is InChI=1S/C26H31F3O5Si/c1-18-21(30)33-25(26(27,28)29,20-15-11-8-12-16-20)24(18,34-35(5,6)23(2,3)4)22(31)32-17-19-13-9-7-10-14-19/h7-16,18H,17H2,1-6H3/t18-,24-,25+/m1/s1. The Labute approximate surface area is 204 Å². The molecule has 1 aliphatic heterocycles. The van der Waals surface area contributed by atoms with E-state index in [4.69, 9.17) is 13.9 Å². The lowest BCUT2D eigenvalue weighted by Crippen LogP contribution is -2.69. The van der Waals surface area contributed by atoms with E-state index in [1.54, 1.807) is 43.4 Å². The topological polar surface area (TPSA) is 61.8 Å². The third-order valence-electron chi connectivity index (χ3n) is 7.06. The fourth-order valence-corrected chi connectivity index (χ4v) is 5.59. The molecule has 1 saturated heterocycles. The molecule has 190 valence electrons. The number of halogens is 3. The van der Waals surface area contributed by atoms with Crippen molar-refractivity contribution in [3.05, 3.63) is 71.8 Å². The fourth-order valence-electron chi connectivity index (χ4n) is 4.07. The van der Waals surface area contributed by atoms with Crippen molar-refractivity contribution in [3.8, 4) is 0 Å². The van der Waals surface area contributed by atoms with Gasteiger partial charge in [0, 0.05) is 5.56 Å². The Balaban J connectivity index is 2.29. The molecular formula is C26H31F3O5Si. The molecule has 1 aliphatic rings. The van der Waals surface area contributed by atoms with Gasteiger partial charge in [-0.25, -0.2) is 4.79 Å². The maximum atomic E-state index is 15.2. The lowest BCUT2D eigenvalue weighted by Gasteiger charge is -2.49. The zero-order valence-corrected chi connectivity index (χ0v) is 21.7. The molecule has 0 spiro atoms. The summed E-state index contributed by atoms with van der Waals surface area (Å²) in [5.41, 5.74) is -6.00. The number of benzene rings is 2. The van der Waals surface area contributed by atoms with Crippen LogP contribution >= 0.6 is 0 Å². The minimum absolute atomic E-state index is 0.286. The van der Waals surface area contributed by atoms with Crippen molar-refractivity contribution in [3.63, 3.8) is 0 Å². The number of cyclic esters (lactones) is 1. The SMILES string of the molecule is C[C@@H]1C(=O)O[C@](c2ccccc2)(C(F)(F)F)[C@]1(O[Si](C)(C)C(C)(C)C)C(=O)OCc1ccccc1. The summed E-state index contributed by atoms with van der Waals surface area (Å²) in [6.07, 6.45) is -5.19. The molecule has 1 heterocycles. The first kappa shape index (κ1) is 26.9. The van der Waals surface area contributed by atoms with Crippen molar-refractivity contribution in [1.82, 2.24) is 0 Å². The lowest BCUT2D eigenvalue weighted by molar-refractivity contribution is -0.306. The van der Waals surface area contributed by atoms with Gasteiger partial charge in [0.2, 0.25) is 5.60 Å². The molecular weight excluding hydrogens is 477 g/mol. The summed E-state index contributed by atoms with van der Waals surface area (Å²) in [7, 11) is -3.12. The maximum absolute atomic E-state index is 15.2. The summed E-state index contributed by atoms with van der Waals surface area (Å²) in [6, 6.07) is 15.3. The van der Waals surface area contributed by atoms with Gasteiger partial charge in [-0.05, 0) is 30.6 Å². The number of carbonyl (C=O) groups excluding carboxylic acids is 2. The summed E-state index contributed by atoms with van der Waals surface area (Å²) in [4.78, 5) is 26.8. The van der Waals surface area contributed by atoms with Gasteiger partial charge in [-0.2, -0.15) is 13.2 Å². The molecule has 0 amide bonds. The third kappa shape index (κ3) is 4.40. The molecule has 9 heteroatoms. The summed E-state index contributed by atoms with van der Waals surface area (Å²) in [5.74, 6) is -4.05. The van der Waals surface area contributed by atoms with Gasteiger partial charge in [0.05, 0.1) is 5.92 Å². The first-order valence-electron chi connectivity index (χ1n) is 11.4. The Morgan fingerprint density at radius 3 is 2.00 bits per heavy atom. The predicted molar refractivity (Wildman–Crippen MR) is 127 cm³/mol. The molecule has 3 rings (SSSR count). The highest BCUT2D eigenvalue weighted by Crippen LogP contribution is 2.60. The minimum atomic E-state index is -5.19. The normalized spacial score (nSPS) is 25.3. The van der Waals surface area contributed by atoms with Crippen LogP contribution in [0.15, 0.2) is 60.7 Å². The Bertz CT molecular complexity index is 1070. The van der Waals surface area contributed by atoms with E-state index in [-0.39, 0.29) is 6.61 Å². The van der Waals surface area contributed by atoms with Gasteiger partial charge in [0.1, 0.15) is 6.61 Å². The largest absolute Gasteiger partial charge is 0.459 e. The second kappa shape index (κ2) is 9.09. The highest BCUT2D eigenvalue weighted by molar-refractivity contribution is 6.74. The number of hydrogen-bond acceptors (Lipinski definition) is 5. The monoisotopic (exact) mass is 508 g/mol. The van der Waals surface area contributed by atoms with Crippen LogP contribution < -0.4 is 0 Å². The number of alkyl halides is 3. The fraction of sp³-hybridized carbons (Fsp3) is 0.462. The quantitative estimate of drug-likeness (QED) is 0.346. The Morgan fingerprint density at radius 2 is 1.51 bits per heavy atom.